The molecule has 3 aromatic heterocycles. The second-order valence-corrected chi connectivity index (χ2v) is 7.74. The molecule has 0 bridgehead atoms. The quantitative estimate of drug-likeness (QED) is 0.437. The summed E-state index contributed by atoms with van der Waals surface area (Å²) < 4.78 is 38.8. The number of carbonyl (C=O) groups excluding carboxylic acids is 1. The van der Waals surface area contributed by atoms with Crippen molar-refractivity contribution in [2.24, 2.45) is 10.7 Å². The summed E-state index contributed by atoms with van der Waals surface area (Å²) >= 11 is 0. The van der Waals surface area contributed by atoms with Gasteiger partial charge in [-0.05, 0) is 48.7 Å². The van der Waals surface area contributed by atoms with E-state index in [0.29, 0.717) is 23.5 Å². The zero-order chi connectivity index (χ0) is 24.3. The number of amides is 1. The molecule has 0 fully saturated rings. The average Bonchev–Trinajstić information content (AvgIpc) is 3.26. The minimum atomic E-state index is -4.48. The van der Waals surface area contributed by atoms with Crippen molar-refractivity contribution in [2.45, 2.75) is 31.6 Å². The van der Waals surface area contributed by atoms with Gasteiger partial charge in [0.2, 0.25) is 0 Å². The molecule has 3 heterocycles. The SMILES string of the molecule is CN=C(N)Nc1ccc(C(=O)N(Cc2ccc(C(F)(F)F)cn2)C2CCc3cccnc32)cn1. The fraction of sp³-hybridized carbons (Fsp3) is 0.261. The average molecular weight is 469 g/mol. The van der Waals surface area contributed by atoms with Crippen molar-refractivity contribution < 1.29 is 18.0 Å². The topological polar surface area (TPSA) is 109 Å². The van der Waals surface area contributed by atoms with Crippen LogP contribution in [0.1, 0.15) is 45.3 Å². The van der Waals surface area contributed by atoms with Gasteiger partial charge in [0, 0.05) is 25.6 Å². The number of nitrogens with zero attached hydrogens (tertiary/aromatic N) is 5. The highest BCUT2D eigenvalue weighted by Crippen LogP contribution is 2.36. The van der Waals surface area contributed by atoms with Crippen LogP contribution in [-0.4, -0.2) is 38.8 Å². The van der Waals surface area contributed by atoms with Crippen LogP contribution in [0.15, 0.2) is 60.0 Å². The van der Waals surface area contributed by atoms with Gasteiger partial charge >= 0.3 is 6.18 Å². The summed E-state index contributed by atoms with van der Waals surface area (Å²) in [5, 5.41) is 2.79. The Morgan fingerprint density at radius 2 is 2.00 bits per heavy atom. The summed E-state index contributed by atoms with van der Waals surface area (Å²) in [6.07, 6.45) is 0.764. The van der Waals surface area contributed by atoms with Crippen molar-refractivity contribution in [2.75, 3.05) is 12.4 Å². The second-order valence-electron chi connectivity index (χ2n) is 7.74. The number of guanidine groups is 1. The molecule has 11 heteroatoms. The van der Waals surface area contributed by atoms with Crippen molar-refractivity contribution in [3.63, 3.8) is 0 Å². The van der Waals surface area contributed by atoms with Gasteiger partial charge in [-0.1, -0.05) is 6.07 Å². The number of halogens is 3. The molecule has 0 aliphatic heterocycles. The predicted octanol–water partition coefficient (Wildman–Crippen LogP) is 3.58. The number of alkyl halides is 3. The van der Waals surface area contributed by atoms with E-state index in [4.69, 9.17) is 5.73 Å². The van der Waals surface area contributed by atoms with E-state index in [9.17, 15) is 18.0 Å². The molecule has 176 valence electrons. The molecular formula is C23H22F3N7O. The van der Waals surface area contributed by atoms with E-state index in [2.05, 4.69) is 25.3 Å². The number of aryl methyl sites for hydroxylation is 1. The van der Waals surface area contributed by atoms with E-state index < -0.39 is 11.7 Å². The summed E-state index contributed by atoms with van der Waals surface area (Å²) in [6, 6.07) is 8.91. The van der Waals surface area contributed by atoms with Gasteiger partial charge in [-0.15, -0.1) is 0 Å². The first-order chi connectivity index (χ1) is 16.3. The summed E-state index contributed by atoms with van der Waals surface area (Å²) in [5.41, 5.74) is 7.27. The number of rotatable bonds is 5. The Kier molecular flexibility index (Phi) is 6.44. The molecule has 3 aromatic rings. The van der Waals surface area contributed by atoms with Crippen LogP contribution in [0.5, 0.6) is 0 Å². The highest BCUT2D eigenvalue weighted by atomic mass is 19.4. The third-order valence-corrected chi connectivity index (χ3v) is 5.56. The van der Waals surface area contributed by atoms with Crippen molar-refractivity contribution >= 4 is 17.7 Å². The Labute approximate surface area is 193 Å². The van der Waals surface area contributed by atoms with Crippen LogP contribution in [0.2, 0.25) is 0 Å². The first-order valence-corrected chi connectivity index (χ1v) is 10.5. The fourth-order valence-electron chi connectivity index (χ4n) is 3.83. The normalized spacial score (nSPS) is 15.6. The van der Waals surface area contributed by atoms with Gasteiger partial charge in [0.05, 0.1) is 35.1 Å². The zero-order valence-corrected chi connectivity index (χ0v) is 18.3. The number of hydrogen-bond acceptors (Lipinski definition) is 5. The van der Waals surface area contributed by atoms with Crippen molar-refractivity contribution in [1.82, 2.24) is 19.9 Å². The molecular weight excluding hydrogens is 447 g/mol. The number of aliphatic imine (C=N–C) groups is 1. The maximum absolute atomic E-state index is 13.5. The molecule has 3 N–H and O–H groups in total. The van der Waals surface area contributed by atoms with Crippen LogP contribution in [-0.2, 0) is 19.1 Å². The Bertz CT molecular complexity index is 1190. The van der Waals surface area contributed by atoms with Crippen LogP contribution in [0.4, 0.5) is 19.0 Å². The minimum Gasteiger partial charge on any atom is -0.370 e. The number of nitrogens with one attached hydrogen (secondary N) is 1. The molecule has 0 saturated heterocycles. The Morgan fingerprint density at radius 3 is 2.65 bits per heavy atom. The Morgan fingerprint density at radius 1 is 1.18 bits per heavy atom. The molecule has 0 radical (unpaired) electrons. The smallest absolute Gasteiger partial charge is 0.370 e. The van der Waals surface area contributed by atoms with Gasteiger partial charge in [-0.3, -0.25) is 19.8 Å². The molecule has 1 atom stereocenters. The van der Waals surface area contributed by atoms with Gasteiger partial charge in [0.15, 0.2) is 5.96 Å². The summed E-state index contributed by atoms with van der Waals surface area (Å²) in [5.74, 6) is 0.264. The standard InChI is InChI=1S/C23H22F3N7O/c1-28-22(27)32-19-9-5-15(11-31-19)21(34)33(18-8-4-14-3-2-10-29-20(14)18)13-17-7-6-16(12-30-17)23(24,25)26/h2-3,5-7,9-12,18H,4,8,13H2,1H3,(H3,27,28,31,32). The maximum Gasteiger partial charge on any atom is 0.417 e. The van der Waals surface area contributed by atoms with Crippen LogP contribution >= 0.6 is 0 Å². The zero-order valence-electron chi connectivity index (χ0n) is 18.3. The molecule has 34 heavy (non-hydrogen) atoms. The van der Waals surface area contributed by atoms with Gasteiger partial charge in [0.25, 0.3) is 5.91 Å². The summed E-state index contributed by atoms with van der Waals surface area (Å²) in [7, 11) is 1.53. The van der Waals surface area contributed by atoms with Crippen molar-refractivity contribution in [1.29, 1.82) is 0 Å². The first kappa shape index (κ1) is 23.1. The number of anilines is 1. The van der Waals surface area contributed by atoms with Crippen LogP contribution in [0.3, 0.4) is 0 Å². The molecule has 8 nitrogen and oxygen atoms in total. The molecule has 1 amide bonds. The number of aromatic nitrogens is 3. The van der Waals surface area contributed by atoms with Crippen molar-refractivity contribution in [3.8, 4) is 0 Å². The lowest BCUT2D eigenvalue weighted by Gasteiger charge is -2.29. The van der Waals surface area contributed by atoms with E-state index in [1.807, 2.05) is 12.1 Å². The van der Waals surface area contributed by atoms with Crippen LogP contribution in [0.25, 0.3) is 0 Å². The van der Waals surface area contributed by atoms with E-state index in [0.717, 1.165) is 29.9 Å². The number of nitrogens with two attached hydrogens (primary N) is 1. The predicted molar refractivity (Wildman–Crippen MR) is 120 cm³/mol. The molecule has 1 aliphatic carbocycles. The molecule has 0 spiro atoms. The maximum atomic E-state index is 13.5. The molecule has 0 saturated carbocycles. The third kappa shape index (κ3) is 4.98. The highest BCUT2D eigenvalue weighted by molar-refractivity contribution is 5.95. The van der Waals surface area contributed by atoms with E-state index in [1.165, 1.54) is 19.3 Å². The van der Waals surface area contributed by atoms with E-state index in [1.54, 1.807) is 23.2 Å². The lowest BCUT2D eigenvalue weighted by molar-refractivity contribution is -0.137. The molecule has 0 aromatic carbocycles. The Balaban J connectivity index is 1.63. The lowest BCUT2D eigenvalue weighted by atomic mass is 10.1. The molecule has 4 rings (SSSR count). The number of hydrogen-bond donors (Lipinski definition) is 2. The summed E-state index contributed by atoms with van der Waals surface area (Å²) in [6.45, 7) is 0.0209. The molecule has 1 unspecified atom stereocenters. The minimum absolute atomic E-state index is 0.0209. The summed E-state index contributed by atoms with van der Waals surface area (Å²) in [4.78, 5) is 31.6. The van der Waals surface area contributed by atoms with Crippen LogP contribution in [0, 0.1) is 0 Å². The number of fused-ring (bicyclic) bond motifs is 1. The second kappa shape index (κ2) is 9.46. The monoisotopic (exact) mass is 469 g/mol. The Hall–Kier alpha value is -4.02. The van der Waals surface area contributed by atoms with E-state index in [-0.39, 0.29) is 24.5 Å². The third-order valence-electron chi connectivity index (χ3n) is 5.56. The largest absolute Gasteiger partial charge is 0.417 e. The van der Waals surface area contributed by atoms with Crippen LogP contribution < -0.4 is 11.1 Å². The van der Waals surface area contributed by atoms with Crippen molar-refractivity contribution in [3.05, 3.63) is 83.1 Å². The van der Waals surface area contributed by atoms with Gasteiger partial charge in [-0.25, -0.2) is 4.98 Å². The van der Waals surface area contributed by atoms with E-state index >= 15 is 0 Å². The molecule has 1 aliphatic rings. The number of carbonyl (C=O) groups is 1. The lowest BCUT2D eigenvalue weighted by Crippen LogP contribution is -2.34. The number of pyridine rings is 3. The first-order valence-electron chi connectivity index (χ1n) is 10.5. The van der Waals surface area contributed by atoms with Gasteiger partial charge in [0.1, 0.15) is 5.82 Å². The van der Waals surface area contributed by atoms with Gasteiger partial charge in [-0.2, -0.15) is 13.2 Å². The van der Waals surface area contributed by atoms with Gasteiger partial charge < -0.3 is 16.0 Å². The highest BCUT2D eigenvalue weighted by Gasteiger charge is 2.34. The fourth-order valence-corrected chi connectivity index (χ4v) is 3.83.